The SMILES string of the molecule is CO.Nc1ccn(CCCO)c(=O)n1. The van der Waals surface area contributed by atoms with E-state index < -0.39 is 0 Å². The lowest BCUT2D eigenvalue weighted by molar-refractivity contribution is 0.278. The van der Waals surface area contributed by atoms with Gasteiger partial charge in [0.05, 0.1) is 0 Å². The maximum absolute atomic E-state index is 11.0. The molecular formula is C8H15N3O3. The van der Waals surface area contributed by atoms with Gasteiger partial charge in [-0.05, 0) is 12.5 Å². The van der Waals surface area contributed by atoms with Gasteiger partial charge in [-0.1, -0.05) is 0 Å². The molecule has 1 aromatic heterocycles. The van der Waals surface area contributed by atoms with E-state index in [1.807, 2.05) is 0 Å². The van der Waals surface area contributed by atoms with Crippen LogP contribution in [0.3, 0.4) is 0 Å². The van der Waals surface area contributed by atoms with Gasteiger partial charge in [-0.15, -0.1) is 0 Å². The Morgan fingerprint density at radius 3 is 2.71 bits per heavy atom. The maximum atomic E-state index is 11.0. The number of nitrogens with two attached hydrogens (primary N) is 1. The molecule has 0 bridgehead atoms. The third-order valence-corrected chi connectivity index (χ3v) is 1.45. The van der Waals surface area contributed by atoms with Crippen LogP contribution < -0.4 is 11.4 Å². The summed E-state index contributed by atoms with van der Waals surface area (Å²) >= 11 is 0. The largest absolute Gasteiger partial charge is 0.400 e. The highest BCUT2D eigenvalue weighted by atomic mass is 16.3. The van der Waals surface area contributed by atoms with Gasteiger partial charge in [-0.2, -0.15) is 4.98 Å². The van der Waals surface area contributed by atoms with E-state index in [1.54, 1.807) is 12.3 Å². The van der Waals surface area contributed by atoms with Crippen LogP contribution in [-0.2, 0) is 6.54 Å². The summed E-state index contributed by atoms with van der Waals surface area (Å²) in [6, 6.07) is 1.55. The topological polar surface area (TPSA) is 101 Å². The number of nitrogen functional groups attached to an aromatic ring is 1. The number of aromatic nitrogens is 2. The molecule has 0 saturated heterocycles. The standard InChI is InChI=1S/C7H11N3O2.CH4O/c8-6-2-4-10(3-1-5-11)7(12)9-6;1-2/h2,4,11H,1,3,5H2,(H2,8,9,12);2H,1H3. The number of hydrogen-bond donors (Lipinski definition) is 3. The highest BCUT2D eigenvalue weighted by molar-refractivity contribution is 5.23. The minimum atomic E-state index is -0.372. The first kappa shape index (κ1) is 12.6. The number of nitrogens with zero attached hydrogens (tertiary/aromatic N) is 2. The zero-order valence-electron chi connectivity index (χ0n) is 8.05. The Labute approximate surface area is 81.6 Å². The molecule has 0 unspecified atom stereocenters. The van der Waals surface area contributed by atoms with Gasteiger partial charge in [0.15, 0.2) is 0 Å². The third kappa shape index (κ3) is 4.01. The number of aliphatic hydroxyl groups excluding tert-OH is 2. The Morgan fingerprint density at radius 1 is 1.57 bits per heavy atom. The van der Waals surface area contributed by atoms with E-state index in [0.717, 1.165) is 7.11 Å². The Bertz CT molecular complexity index is 311. The Morgan fingerprint density at radius 2 is 2.21 bits per heavy atom. The molecule has 1 aromatic rings. The van der Waals surface area contributed by atoms with Crippen molar-refractivity contribution in [3.05, 3.63) is 22.7 Å². The van der Waals surface area contributed by atoms with Crippen LogP contribution in [0, 0.1) is 0 Å². The minimum absolute atomic E-state index is 0.0663. The number of aryl methyl sites for hydroxylation is 1. The first-order chi connectivity index (χ1) is 6.74. The third-order valence-electron chi connectivity index (χ3n) is 1.45. The Balaban J connectivity index is 0.000000791. The summed E-state index contributed by atoms with van der Waals surface area (Å²) in [5, 5.41) is 15.5. The molecule has 0 radical (unpaired) electrons. The normalized spacial score (nSPS) is 9.07. The Hall–Kier alpha value is -1.40. The second-order valence-electron chi connectivity index (χ2n) is 2.41. The van der Waals surface area contributed by atoms with Crippen LogP contribution in [0.5, 0.6) is 0 Å². The van der Waals surface area contributed by atoms with Gasteiger partial charge in [0, 0.05) is 26.5 Å². The molecule has 1 rings (SSSR count). The fraction of sp³-hybridized carbons (Fsp3) is 0.500. The second-order valence-corrected chi connectivity index (χ2v) is 2.41. The summed E-state index contributed by atoms with van der Waals surface area (Å²) in [5.74, 6) is 0.222. The number of rotatable bonds is 3. The number of anilines is 1. The molecule has 0 aliphatic rings. The van der Waals surface area contributed by atoms with E-state index in [-0.39, 0.29) is 18.1 Å². The van der Waals surface area contributed by atoms with Gasteiger partial charge in [0.1, 0.15) is 5.82 Å². The maximum Gasteiger partial charge on any atom is 0.349 e. The fourth-order valence-electron chi connectivity index (χ4n) is 0.853. The van der Waals surface area contributed by atoms with Crippen LogP contribution >= 0.6 is 0 Å². The first-order valence-corrected chi connectivity index (χ1v) is 4.12. The molecule has 4 N–H and O–H groups in total. The lowest BCUT2D eigenvalue weighted by Gasteiger charge is -2.01. The number of aliphatic hydroxyl groups is 2. The van der Waals surface area contributed by atoms with E-state index in [0.29, 0.717) is 13.0 Å². The molecule has 0 spiro atoms. The van der Waals surface area contributed by atoms with Gasteiger partial charge >= 0.3 is 5.69 Å². The molecule has 0 aromatic carbocycles. The predicted octanol–water partition coefficient (Wildman–Crippen LogP) is -1.18. The van der Waals surface area contributed by atoms with Gasteiger partial charge in [-0.3, -0.25) is 4.57 Å². The van der Waals surface area contributed by atoms with Crippen LogP contribution in [0.2, 0.25) is 0 Å². The van der Waals surface area contributed by atoms with Gasteiger partial charge < -0.3 is 15.9 Å². The summed E-state index contributed by atoms with van der Waals surface area (Å²) < 4.78 is 1.41. The fourth-order valence-corrected chi connectivity index (χ4v) is 0.853. The highest BCUT2D eigenvalue weighted by Crippen LogP contribution is 1.90. The first-order valence-electron chi connectivity index (χ1n) is 4.12. The molecule has 0 atom stereocenters. The zero-order chi connectivity index (χ0) is 11.0. The smallest absolute Gasteiger partial charge is 0.349 e. The van der Waals surface area contributed by atoms with Crippen LogP contribution in [0.15, 0.2) is 17.1 Å². The van der Waals surface area contributed by atoms with Crippen molar-refractivity contribution in [3.8, 4) is 0 Å². The predicted molar refractivity (Wildman–Crippen MR) is 52.8 cm³/mol. The molecule has 1 heterocycles. The molecule has 0 aliphatic heterocycles. The van der Waals surface area contributed by atoms with Crippen molar-refractivity contribution in [1.82, 2.24) is 9.55 Å². The molecule has 80 valence electrons. The second kappa shape index (κ2) is 7.05. The Kier molecular flexibility index (Phi) is 6.34. The van der Waals surface area contributed by atoms with Crippen molar-refractivity contribution in [2.75, 3.05) is 19.5 Å². The monoisotopic (exact) mass is 201 g/mol. The highest BCUT2D eigenvalue weighted by Gasteiger charge is 1.95. The molecule has 14 heavy (non-hydrogen) atoms. The van der Waals surface area contributed by atoms with E-state index >= 15 is 0 Å². The van der Waals surface area contributed by atoms with Gasteiger partial charge in [0.2, 0.25) is 0 Å². The molecule has 0 amide bonds. The molecule has 0 saturated carbocycles. The van der Waals surface area contributed by atoms with E-state index in [1.165, 1.54) is 4.57 Å². The van der Waals surface area contributed by atoms with Crippen LogP contribution in [-0.4, -0.2) is 33.5 Å². The molecule has 0 fully saturated rings. The van der Waals surface area contributed by atoms with Crippen molar-refractivity contribution < 1.29 is 10.2 Å². The quantitative estimate of drug-likeness (QED) is 0.571. The van der Waals surface area contributed by atoms with Crippen molar-refractivity contribution in [1.29, 1.82) is 0 Å². The average Bonchev–Trinajstić information content (AvgIpc) is 2.20. The molecular weight excluding hydrogens is 186 g/mol. The molecule has 6 nitrogen and oxygen atoms in total. The summed E-state index contributed by atoms with van der Waals surface area (Å²) in [7, 11) is 1.00. The molecule has 6 heteroatoms. The van der Waals surface area contributed by atoms with Crippen LogP contribution in [0.25, 0.3) is 0 Å². The van der Waals surface area contributed by atoms with E-state index in [2.05, 4.69) is 4.98 Å². The van der Waals surface area contributed by atoms with Crippen molar-refractivity contribution in [3.63, 3.8) is 0 Å². The van der Waals surface area contributed by atoms with Crippen molar-refractivity contribution >= 4 is 5.82 Å². The summed E-state index contributed by atoms with van der Waals surface area (Å²) in [6.45, 7) is 0.541. The van der Waals surface area contributed by atoms with Crippen LogP contribution in [0.1, 0.15) is 6.42 Å². The van der Waals surface area contributed by atoms with Crippen molar-refractivity contribution in [2.45, 2.75) is 13.0 Å². The van der Waals surface area contributed by atoms with Crippen molar-refractivity contribution in [2.24, 2.45) is 0 Å². The molecule has 0 aliphatic carbocycles. The van der Waals surface area contributed by atoms with E-state index in [9.17, 15) is 4.79 Å². The summed E-state index contributed by atoms with van der Waals surface area (Å²) in [5.41, 5.74) is 4.91. The van der Waals surface area contributed by atoms with E-state index in [4.69, 9.17) is 15.9 Å². The lowest BCUT2D eigenvalue weighted by Crippen LogP contribution is -2.23. The lowest BCUT2D eigenvalue weighted by atomic mass is 10.4. The zero-order valence-corrected chi connectivity index (χ0v) is 8.05. The van der Waals surface area contributed by atoms with Gasteiger partial charge in [0.25, 0.3) is 0 Å². The minimum Gasteiger partial charge on any atom is -0.400 e. The summed E-state index contributed by atoms with van der Waals surface area (Å²) in [6.07, 6.45) is 2.12. The summed E-state index contributed by atoms with van der Waals surface area (Å²) in [4.78, 5) is 14.6. The number of hydrogen-bond acceptors (Lipinski definition) is 5. The van der Waals surface area contributed by atoms with Gasteiger partial charge in [-0.25, -0.2) is 4.79 Å². The van der Waals surface area contributed by atoms with Crippen LogP contribution in [0.4, 0.5) is 5.82 Å². The average molecular weight is 201 g/mol.